The van der Waals surface area contributed by atoms with E-state index < -0.39 is 23.9 Å². The van der Waals surface area contributed by atoms with E-state index in [0.29, 0.717) is 13.1 Å². The van der Waals surface area contributed by atoms with Gasteiger partial charge < -0.3 is 46.3 Å². The molecule has 21 heavy (non-hydrogen) atoms. The van der Waals surface area contributed by atoms with E-state index in [1.807, 2.05) is 0 Å². The Hall–Kier alpha value is -1.68. The minimum atomic E-state index is -1.08. The summed E-state index contributed by atoms with van der Waals surface area (Å²) < 4.78 is 0. The fraction of sp³-hybridized carbons (Fsp3) is 0.600. The smallest absolute Gasteiger partial charge is 0.550 e. The maximum Gasteiger partial charge on any atom is 3.00 e. The minimum absolute atomic E-state index is 0. The molecular weight excluding hydrogens is 332 g/mol. The second-order valence-corrected chi connectivity index (χ2v) is 2.57. The molecule has 11 heteroatoms. The maximum atomic E-state index is 9.00. The van der Waals surface area contributed by atoms with Crippen molar-refractivity contribution in [2.24, 2.45) is 11.5 Å². The summed E-state index contributed by atoms with van der Waals surface area (Å²) in [5, 5.41) is 34.1. The summed E-state index contributed by atoms with van der Waals surface area (Å²) in [7, 11) is 0. The van der Waals surface area contributed by atoms with E-state index in [1.54, 1.807) is 0 Å². The number of carbonyl (C=O) groups is 4. The normalized spacial score (nSPS) is 6.19. The number of carboxylic acids is 4. The van der Waals surface area contributed by atoms with Crippen molar-refractivity contribution in [2.75, 3.05) is 13.1 Å². The summed E-state index contributed by atoms with van der Waals surface area (Å²) in [6, 6.07) is 0. The number of nitrogens with two attached hydrogens (primary N) is 2. The van der Waals surface area contributed by atoms with Crippen molar-refractivity contribution < 1.29 is 56.7 Å². The molecule has 0 aromatic rings. The summed E-state index contributed by atoms with van der Waals surface area (Å²) >= 11 is 0. The van der Waals surface area contributed by atoms with Gasteiger partial charge in [-0.3, -0.25) is 4.79 Å². The fourth-order valence-electron chi connectivity index (χ4n) is 0. The molecule has 1 radical (unpaired) electrons. The van der Waals surface area contributed by atoms with Gasteiger partial charge in [0, 0.05) is 37.9 Å². The zero-order valence-electron chi connectivity index (χ0n) is 12.2. The third-order valence-corrected chi connectivity index (χ3v) is 0.167. The molecule has 0 aliphatic heterocycles. The average Bonchev–Trinajstić information content (AvgIpc) is 2.13. The van der Waals surface area contributed by atoms with Crippen LogP contribution < -0.4 is 26.8 Å². The number of aliphatic carboxylic acids is 4. The van der Waals surface area contributed by atoms with Gasteiger partial charge in [-0.15, -0.1) is 0 Å². The molecule has 0 spiro atoms. The molecule has 0 aromatic heterocycles. The summed E-state index contributed by atoms with van der Waals surface area (Å²) in [4.78, 5) is 35.7. The van der Waals surface area contributed by atoms with Crippen molar-refractivity contribution in [2.45, 2.75) is 27.7 Å². The molecule has 0 fully saturated rings. The van der Waals surface area contributed by atoms with Gasteiger partial charge in [0.25, 0.3) is 5.97 Å². The van der Waals surface area contributed by atoms with Crippen LogP contribution in [0.5, 0.6) is 0 Å². The van der Waals surface area contributed by atoms with E-state index in [2.05, 4.69) is 0 Å². The van der Waals surface area contributed by atoms with Crippen LogP contribution in [0.4, 0.5) is 0 Å². The second kappa shape index (κ2) is 36.2. The van der Waals surface area contributed by atoms with Crippen molar-refractivity contribution in [3.05, 3.63) is 0 Å². The minimum Gasteiger partial charge on any atom is -0.550 e. The molecular formula is C10H21FeN2O8. The van der Waals surface area contributed by atoms with Crippen molar-refractivity contribution >= 4 is 23.9 Å². The van der Waals surface area contributed by atoms with Crippen molar-refractivity contribution in [3.63, 3.8) is 0 Å². The van der Waals surface area contributed by atoms with Crippen molar-refractivity contribution in [1.82, 2.24) is 0 Å². The Bertz CT molecular complexity index is 195. The van der Waals surface area contributed by atoms with Gasteiger partial charge in [0.1, 0.15) is 0 Å². The third-order valence-electron chi connectivity index (χ3n) is 0.167. The standard InChI is InChI=1S/C2H8N2.4C2H4O2.Fe/c3-1-2-4;4*1-2(3)4;/h1-4H2;4*1H3,(H,3,4);/q;;;;;+3/p-3. The van der Waals surface area contributed by atoms with Gasteiger partial charge in [-0.05, 0) is 20.8 Å². The van der Waals surface area contributed by atoms with Gasteiger partial charge in [0.15, 0.2) is 0 Å². The topological polar surface area (TPSA) is 210 Å². The third kappa shape index (κ3) is 10500. The largest absolute Gasteiger partial charge is 3.00 e. The number of hydrogen-bond donors (Lipinski definition) is 3. The summed E-state index contributed by atoms with van der Waals surface area (Å²) in [5.74, 6) is -4.08. The van der Waals surface area contributed by atoms with Crippen LogP contribution in [0.15, 0.2) is 0 Å². The molecule has 127 valence electrons. The van der Waals surface area contributed by atoms with Gasteiger partial charge in [-0.2, -0.15) is 0 Å². The van der Waals surface area contributed by atoms with Crippen LogP contribution in [0, 0.1) is 0 Å². The predicted molar refractivity (Wildman–Crippen MR) is 63.5 cm³/mol. The first kappa shape index (κ1) is 36.5. The van der Waals surface area contributed by atoms with Crippen molar-refractivity contribution in [3.8, 4) is 0 Å². The Morgan fingerprint density at radius 1 is 0.762 bits per heavy atom. The molecule has 0 aliphatic rings. The maximum absolute atomic E-state index is 9.00. The molecule has 0 atom stereocenters. The Kier molecular flexibility index (Phi) is 63.0. The molecule has 0 aromatic carbocycles. The van der Waals surface area contributed by atoms with E-state index in [4.69, 9.17) is 51.1 Å². The van der Waals surface area contributed by atoms with E-state index in [9.17, 15) is 0 Å². The first-order valence-electron chi connectivity index (χ1n) is 4.97. The van der Waals surface area contributed by atoms with Crippen LogP contribution in [-0.4, -0.2) is 42.1 Å². The van der Waals surface area contributed by atoms with Gasteiger partial charge in [-0.1, -0.05) is 0 Å². The van der Waals surface area contributed by atoms with Crippen molar-refractivity contribution in [1.29, 1.82) is 0 Å². The monoisotopic (exact) mass is 353 g/mol. The number of hydrogen-bond acceptors (Lipinski definition) is 9. The summed E-state index contributed by atoms with van der Waals surface area (Å²) in [6.45, 7) is 5.19. The van der Waals surface area contributed by atoms with E-state index >= 15 is 0 Å². The molecule has 10 nitrogen and oxygen atoms in total. The number of carboxylic acid groups (broad SMARTS) is 4. The van der Waals surface area contributed by atoms with Gasteiger partial charge in [0.05, 0.1) is 0 Å². The zero-order valence-corrected chi connectivity index (χ0v) is 13.3. The fourth-order valence-corrected chi connectivity index (χ4v) is 0. The summed E-state index contributed by atoms with van der Waals surface area (Å²) in [5.41, 5.74) is 9.81. The Morgan fingerprint density at radius 3 is 0.810 bits per heavy atom. The second-order valence-electron chi connectivity index (χ2n) is 2.57. The molecule has 0 saturated heterocycles. The van der Waals surface area contributed by atoms with E-state index in [-0.39, 0.29) is 17.1 Å². The average molecular weight is 353 g/mol. The zero-order chi connectivity index (χ0) is 17.7. The Balaban J connectivity index is -0.0000000331. The predicted octanol–water partition coefficient (Wildman–Crippen LogP) is -4.74. The van der Waals surface area contributed by atoms with Crippen LogP contribution in [-0.2, 0) is 36.2 Å². The van der Waals surface area contributed by atoms with E-state index in [0.717, 1.165) is 27.7 Å². The summed E-state index contributed by atoms with van der Waals surface area (Å²) in [6.07, 6.45) is 0. The first-order chi connectivity index (χ1) is 8.84. The van der Waals surface area contributed by atoms with Crippen LogP contribution >= 0.6 is 0 Å². The number of carbonyl (C=O) groups excluding carboxylic acids is 3. The quantitative estimate of drug-likeness (QED) is 0.383. The number of rotatable bonds is 1. The van der Waals surface area contributed by atoms with Crippen LogP contribution in [0.1, 0.15) is 27.7 Å². The van der Waals surface area contributed by atoms with Gasteiger partial charge in [0.2, 0.25) is 0 Å². The molecule has 0 unspecified atom stereocenters. The van der Waals surface area contributed by atoms with Gasteiger partial charge in [-0.25, -0.2) is 0 Å². The molecule has 0 amide bonds. The molecule has 0 heterocycles. The Morgan fingerprint density at radius 2 is 0.810 bits per heavy atom. The van der Waals surface area contributed by atoms with Crippen LogP contribution in [0.25, 0.3) is 0 Å². The molecule has 0 aliphatic carbocycles. The molecule has 0 rings (SSSR count). The Labute approximate surface area is 133 Å². The molecule has 0 bridgehead atoms. The van der Waals surface area contributed by atoms with E-state index in [1.165, 1.54) is 0 Å². The molecule has 0 saturated carbocycles. The van der Waals surface area contributed by atoms with Gasteiger partial charge >= 0.3 is 17.1 Å². The first-order valence-corrected chi connectivity index (χ1v) is 4.97. The SMILES string of the molecule is CC(=O)O.CC(=O)[O-].CC(=O)[O-].CC(=O)[O-].NCCN.[Fe+3]. The molecule has 5 N–H and O–H groups in total. The van der Waals surface area contributed by atoms with Crippen LogP contribution in [0.3, 0.4) is 0 Å². The van der Waals surface area contributed by atoms with Crippen LogP contribution in [0.2, 0.25) is 0 Å².